The molecule has 0 aliphatic carbocycles. The standard InChI is InChI=1S/C17H22N2O2/c1-12(2)19(11-15-10-9-14(4)21-15)17(20)18-16-8-6-5-7-13(16)3/h5-10,12H,11H2,1-4H3,(H,18,20). The van der Waals surface area contributed by atoms with E-state index in [9.17, 15) is 4.79 Å². The number of carbonyl (C=O) groups is 1. The second kappa shape index (κ2) is 6.48. The minimum Gasteiger partial charge on any atom is -0.464 e. The van der Waals surface area contributed by atoms with Crippen LogP contribution in [0.25, 0.3) is 0 Å². The lowest BCUT2D eigenvalue weighted by atomic mass is 10.2. The molecule has 0 fully saturated rings. The lowest BCUT2D eigenvalue weighted by molar-refractivity contribution is 0.187. The van der Waals surface area contributed by atoms with Gasteiger partial charge in [-0.2, -0.15) is 0 Å². The van der Waals surface area contributed by atoms with Crippen molar-refractivity contribution >= 4 is 11.7 Å². The van der Waals surface area contributed by atoms with Crippen LogP contribution >= 0.6 is 0 Å². The van der Waals surface area contributed by atoms with E-state index in [2.05, 4.69) is 5.32 Å². The van der Waals surface area contributed by atoms with Crippen molar-refractivity contribution in [2.75, 3.05) is 5.32 Å². The molecule has 0 unspecified atom stereocenters. The van der Waals surface area contributed by atoms with E-state index in [-0.39, 0.29) is 12.1 Å². The number of nitrogens with one attached hydrogen (secondary N) is 1. The molecular formula is C17H22N2O2. The minimum atomic E-state index is -0.117. The van der Waals surface area contributed by atoms with E-state index in [0.717, 1.165) is 22.8 Å². The highest BCUT2D eigenvalue weighted by molar-refractivity contribution is 5.90. The summed E-state index contributed by atoms with van der Waals surface area (Å²) in [5.74, 6) is 1.65. The van der Waals surface area contributed by atoms with Gasteiger partial charge >= 0.3 is 6.03 Å². The summed E-state index contributed by atoms with van der Waals surface area (Å²) in [6.07, 6.45) is 0. The average Bonchev–Trinajstić information content (AvgIpc) is 2.84. The lowest BCUT2D eigenvalue weighted by Crippen LogP contribution is -2.39. The van der Waals surface area contributed by atoms with Gasteiger partial charge < -0.3 is 14.6 Å². The number of para-hydroxylation sites is 1. The molecule has 1 N–H and O–H groups in total. The third-order valence-electron chi connectivity index (χ3n) is 3.39. The summed E-state index contributed by atoms with van der Waals surface area (Å²) in [4.78, 5) is 14.2. The summed E-state index contributed by atoms with van der Waals surface area (Å²) in [6, 6.07) is 11.5. The average molecular weight is 286 g/mol. The van der Waals surface area contributed by atoms with Crippen molar-refractivity contribution in [1.29, 1.82) is 0 Å². The van der Waals surface area contributed by atoms with Crippen LogP contribution in [0.5, 0.6) is 0 Å². The van der Waals surface area contributed by atoms with Crippen molar-refractivity contribution in [1.82, 2.24) is 4.90 Å². The Balaban J connectivity index is 2.11. The molecule has 0 saturated carbocycles. The molecule has 2 aromatic rings. The third-order valence-corrected chi connectivity index (χ3v) is 3.39. The quantitative estimate of drug-likeness (QED) is 0.908. The van der Waals surface area contributed by atoms with E-state index in [1.807, 2.05) is 64.1 Å². The van der Waals surface area contributed by atoms with Gasteiger partial charge in [0.2, 0.25) is 0 Å². The number of hydrogen-bond acceptors (Lipinski definition) is 2. The minimum absolute atomic E-state index is 0.0828. The summed E-state index contributed by atoms with van der Waals surface area (Å²) in [5, 5.41) is 2.96. The monoisotopic (exact) mass is 286 g/mol. The maximum Gasteiger partial charge on any atom is 0.322 e. The molecule has 0 aliphatic heterocycles. The highest BCUT2D eigenvalue weighted by atomic mass is 16.3. The van der Waals surface area contributed by atoms with Gasteiger partial charge in [-0.15, -0.1) is 0 Å². The summed E-state index contributed by atoms with van der Waals surface area (Å²) in [7, 11) is 0. The Bertz CT molecular complexity index is 617. The Morgan fingerprint density at radius 2 is 1.90 bits per heavy atom. The van der Waals surface area contributed by atoms with E-state index in [1.54, 1.807) is 4.90 Å². The number of rotatable bonds is 4. The molecule has 0 radical (unpaired) electrons. The van der Waals surface area contributed by atoms with Crippen LogP contribution in [0.15, 0.2) is 40.8 Å². The van der Waals surface area contributed by atoms with E-state index in [1.165, 1.54) is 0 Å². The molecule has 0 bridgehead atoms. The largest absolute Gasteiger partial charge is 0.464 e. The van der Waals surface area contributed by atoms with Crippen LogP contribution in [0.2, 0.25) is 0 Å². The van der Waals surface area contributed by atoms with Gasteiger partial charge in [0.05, 0.1) is 6.54 Å². The first kappa shape index (κ1) is 15.2. The number of benzene rings is 1. The lowest BCUT2D eigenvalue weighted by Gasteiger charge is -2.26. The maximum absolute atomic E-state index is 12.5. The first-order chi connectivity index (χ1) is 9.97. The molecule has 0 saturated heterocycles. The first-order valence-corrected chi connectivity index (χ1v) is 7.16. The molecule has 1 aromatic heterocycles. The van der Waals surface area contributed by atoms with Gasteiger partial charge in [0.25, 0.3) is 0 Å². The maximum atomic E-state index is 12.5. The smallest absolute Gasteiger partial charge is 0.322 e. The summed E-state index contributed by atoms with van der Waals surface area (Å²) >= 11 is 0. The Labute approximate surface area is 125 Å². The van der Waals surface area contributed by atoms with Gasteiger partial charge in [-0.1, -0.05) is 18.2 Å². The van der Waals surface area contributed by atoms with Crippen molar-refractivity contribution in [3.63, 3.8) is 0 Å². The highest BCUT2D eigenvalue weighted by Gasteiger charge is 2.19. The fraction of sp³-hybridized carbons (Fsp3) is 0.353. The second-order valence-corrected chi connectivity index (χ2v) is 5.48. The van der Waals surface area contributed by atoms with Crippen LogP contribution in [-0.2, 0) is 6.54 Å². The number of amides is 2. The number of nitrogens with zero attached hydrogens (tertiary/aromatic N) is 1. The van der Waals surface area contributed by atoms with E-state index < -0.39 is 0 Å². The van der Waals surface area contributed by atoms with Crippen LogP contribution < -0.4 is 5.32 Å². The molecule has 1 aromatic carbocycles. The van der Waals surface area contributed by atoms with Gasteiger partial charge in [0, 0.05) is 11.7 Å². The number of furan rings is 1. The van der Waals surface area contributed by atoms with Crippen LogP contribution in [-0.4, -0.2) is 17.0 Å². The molecule has 0 spiro atoms. The number of anilines is 1. The SMILES string of the molecule is Cc1ccc(CN(C(=O)Nc2ccccc2C)C(C)C)o1. The summed E-state index contributed by atoms with van der Waals surface area (Å²) < 4.78 is 5.57. The normalized spacial score (nSPS) is 10.7. The van der Waals surface area contributed by atoms with Crippen LogP contribution in [0.1, 0.15) is 30.9 Å². The molecule has 2 rings (SSSR count). The first-order valence-electron chi connectivity index (χ1n) is 7.16. The number of carbonyl (C=O) groups excluding carboxylic acids is 1. The number of aryl methyl sites for hydroxylation is 2. The molecular weight excluding hydrogens is 264 g/mol. The summed E-state index contributed by atoms with van der Waals surface area (Å²) in [5.41, 5.74) is 1.88. The van der Waals surface area contributed by atoms with Gasteiger partial charge in [0.1, 0.15) is 11.5 Å². The predicted molar refractivity (Wildman–Crippen MR) is 84.3 cm³/mol. The zero-order chi connectivity index (χ0) is 15.4. The molecule has 112 valence electrons. The van der Waals surface area contributed by atoms with Crippen molar-refractivity contribution < 1.29 is 9.21 Å². The topological polar surface area (TPSA) is 45.5 Å². The Morgan fingerprint density at radius 3 is 2.48 bits per heavy atom. The molecule has 0 aliphatic rings. The zero-order valence-corrected chi connectivity index (χ0v) is 13.0. The molecule has 2 amide bonds. The summed E-state index contributed by atoms with van der Waals surface area (Å²) in [6.45, 7) is 8.32. The molecule has 1 heterocycles. The Morgan fingerprint density at radius 1 is 1.19 bits per heavy atom. The predicted octanol–water partition coefficient (Wildman–Crippen LogP) is 4.34. The second-order valence-electron chi connectivity index (χ2n) is 5.48. The highest BCUT2D eigenvalue weighted by Crippen LogP contribution is 2.17. The fourth-order valence-electron chi connectivity index (χ4n) is 2.13. The van der Waals surface area contributed by atoms with E-state index in [0.29, 0.717) is 6.54 Å². The molecule has 4 nitrogen and oxygen atoms in total. The molecule has 21 heavy (non-hydrogen) atoms. The van der Waals surface area contributed by atoms with E-state index in [4.69, 9.17) is 4.42 Å². The number of hydrogen-bond donors (Lipinski definition) is 1. The van der Waals surface area contributed by atoms with Crippen molar-refractivity contribution in [2.45, 2.75) is 40.3 Å². The number of urea groups is 1. The van der Waals surface area contributed by atoms with E-state index >= 15 is 0 Å². The van der Waals surface area contributed by atoms with Gasteiger partial charge in [-0.3, -0.25) is 0 Å². The fourth-order valence-corrected chi connectivity index (χ4v) is 2.13. The van der Waals surface area contributed by atoms with Crippen molar-refractivity contribution in [3.05, 3.63) is 53.5 Å². The van der Waals surface area contributed by atoms with Gasteiger partial charge in [0.15, 0.2) is 0 Å². The zero-order valence-electron chi connectivity index (χ0n) is 13.0. The van der Waals surface area contributed by atoms with Gasteiger partial charge in [-0.05, 0) is 51.5 Å². The Hall–Kier alpha value is -2.23. The molecule has 4 heteroatoms. The molecule has 0 atom stereocenters. The van der Waals surface area contributed by atoms with Crippen LogP contribution in [0.3, 0.4) is 0 Å². The third kappa shape index (κ3) is 3.88. The van der Waals surface area contributed by atoms with Crippen molar-refractivity contribution in [3.8, 4) is 0 Å². The van der Waals surface area contributed by atoms with Crippen LogP contribution in [0, 0.1) is 13.8 Å². The Kier molecular flexibility index (Phi) is 4.68. The van der Waals surface area contributed by atoms with Crippen LogP contribution in [0.4, 0.5) is 10.5 Å². The van der Waals surface area contributed by atoms with Crippen molar-refractivity contribution in [2.24, 2.45) is 0 Å². The van der Waals surface area contributed by atoms with Gasteiger partial charge in [-0.25, -0.2) is 4.79 Å².